The molecule has 1 unspecified atom stereocenters. The van der Waals surface area contributed by atoms with E-state index in [1.165, 1.54) is 11.1 Å². The summed E-state index contributed by atoms with van der Waals surface area (Å²) < 4.78 is 18.5. The summed E-state index contributed by atoms with van der Waals surface area (Å²) in [6.07, 6.45) is 0.879. The maximum absolute atomic E-state index is 5.93. The SMILES string of the molecule is CCNC1COCCc2c(Br)cc(OCC)c(OCC)c21. The number of halogens is 1. The molecule has 1 N–H and O–H groups in total. The van der Waals surface area contributed by atoms with Gasteiger partial charge in [-0.1, -0.05) is 22.9 Å². The Hall–Kier alpha value is -0.780. The van der Waals surface area contributed by atoms with Crippen LogP contribution in [0.15, 0.2) is 10.5 Å². The van der Waals surface area contributed by atoms with E-state index in [2.05, 4.69) is 28.2 Å². The van der Waals surface area contributed by atoms with Gasteiger partial charge in [-0.15, -0.1) is 0 Å². The molecule has 1 heterocycles. The maximum Gasteiger partial charge on any atom is 0.166 e. The first-order valence-corrected chi connectivity index (χ1v) is 8.44. The van der Waals surface area contributed by atoms with E-state index in [1.54, 1.807) is 0 Å². The Balaban J connectivity index is 2.57. The van der Waals surface area contributed by atoms with Crippen LogP contribution >= 0.6 is 15.9 Å². The number of rotatable bonds is 6. The third-order valence-corrected chi connectivity index (χ3v) is 4.22. The molecule has 5 heteroatoms. The summed E-state index contributed by atoms with van der Waals surface area (Å²) in [5.41, 5.74) is 2.43. The highest BCUT2D eigenvalue weighted by molar-refractivity contribution is 9.10. The van der Waals surface area contributed by atoms with Crippen molar-refractivity contribution in [1.29, 1.82) is 0 Å². The Kier molecular flexibility index (Phi) is 6.33. The molecule has 0 saturated heterocycles. The molecule has 0 amide bonds. The van der Waals surface area contributed by atoms with Crippen LogP contribution in [0.2, 0.25) is 0 Å². The predicted octanol–water partition coefficient (Wildman–Crippen LogP) is 3.47. The zero-order chi connectivity index (χ0) is 15.2. The van der Waals surface area contributed by atoms with Gasteiger partial charge in [-0.25, -0.2) is 0 Å². The van der Waals surface area contributed by atoms with Crippen LogP contribution < -0.4 is 14.8 Å². The van der Waals surface area contributed by atoms with Gasteiger partial charge in [0.2, 0.25) is 0 Å². The van der Waals surface area contributed by atoms with Gasteiger partial charge >= 0.3 is 0 Å². The normalized spacial score (nSPS) is 18.0. The lowest BCUT2D eigenvalue weighted by Crippen LogP contribution is -2.25. The molecule has 0 saturated carbocycles. The highest BCUT2D eigenvalue weighted by Crippen LogP contribution is 2.43. The van der Waals surface area contributed by atoms with E-state index in [9.17, 15) is 0 Å². The highest BCUT2D eigenvalue weighted by Gasteiger charge is 2.27. The molecule has 4 nitrogen and oxygen atoms in total. The number of hydrogen-bond donors (Lipinski definition) is 1. The van der Waals surface area contributed by atoms with E-state index >= 15 is 0 Å². The fourth-order valence-corrected chi connectivity index (χ4v) is 3.33. The predicted molar refractivity (Wildman–Crippen MR) is 87.4 cm³/mol. The minimum Gasteiger partial charge on any atom is -0.490 e. The largest absolute Gasteiger partial charge is 0.490 e. The van der Waals surface area contributed by atoms with Crippen LogP contribution in [0.25, 0.3) is 0 Å². The minimum atomic E-state index is 0.130. The van der Waals surface area contributed by atoms with Gasteiger partial charge in [-0.05, 0) is 38.4 Å². The van der Waals surface area contributed by atoms with Crippen molar-refractivity contribution in [3.8, 4) is 11.5 Å². The van der Waals surface area contributed by atoms with E-state index < -0.39 is 0 Å². The van der Waals surface area contributed by atoms with Crippen molar-refractivity contribution in [3.05, 3.63) is 21.7 Å². The van der Waals surface area contributed by atoms with Crippen LogP contribution in [0.4, 0.5) is 0 Å². The molecule has 0 bridgehead atoms. The highest BCUT2D eigenvalue weighted by atomic mass is 79.9. The number of hydrogen-bond acceptors (Lipinski definition) is 4. The molecule has 1 aliphatic rings. The van der Waals surface area contributed by atoms with Crippen LogP contribution in [-0.2, 0) is 11.2 Å². The average Bonchev–Trinajstić information content (AvgIpc) is 2.67. The van der Waals surface area contributed by atoms with E-state index in [4.69, 9.17) is 14.2 Å². The molecule has 21 heavy (non-hydrogen) atoms. The zero-order valence-electron chi connectivity index (χ0n) is 13.0. The van der Waals surface area contributed by atoms with E-state index in [0.29, 0.717) is 19.8 Å². The second-order valence-electron chi connectivity index (χ2n) is 4.88. The third kappa shape index (κ3) is 3.71. The van der Waals surface area contributed by atoms with Crippen molar-refractivity contribution in [2.75, 3.05) is 33.0 Å². The zero-order valence-corrected chi connectivity index (χ0v) is 14.6. The number of benzene rings is 1. The van der Waals surface area contributed by atoms with Crippen molar-refractivity contribution in [1.82, 2.24) is 5.32 Å². The molecular formula is C16H24BrNO3. The lowest BCUT2D eigenvalue weighted by molar-refractivity contribution is 0.121. The van der Waals surface area contributed by atoms with Crippen molar-refractivity contribution in [2.24, 2.45) is 0 Å². The quantitative estimate of drug-likeness (QED) is 0.845. The molecule has 1 atom stereocenters. The van der Waals surface area contributed by atoms with Gasteiger partial charge in [-0.3, -0.25) is 0 Å². The Morgan fingerprint density at radius 3 is 2.71 bits per heavy atom. The van der Waals surface area contributed by atoms with Crippen LogP contribution in [0.1, 0.15) is 37.9 Å². The van der Waals surface area contributed by atoms with Crippen molar-refractivity contribution in [3.63, 3.8) is 0 Å². The van der Waals surface area contributed by atoms with Crippen LogP contribution in [-0.4, -0.2) is 33.0 Å². The molecule has 0 spiro atoms. The number of ether oxygens (including phenoxy) is 3. The number of nitrogens with one attached hydrogen (secondary N) is 1. The monoisotopic (exact) mass is 357 g/mol. The fraction of sp³-hybridized carbons (Fsp3) is 0.625. The summed E-state index contributed by atoms with van der Waals surface area (Å²) in [7, 11) is 0. The molecule has 0 aliphatic carbocycles. The molecule has 118 valence electrons. The molecule has 0 radical (unpaired) electrons. The van der Waals surface area contributed by atoms with Crippen molar-refractivity contribution < 1.29 is 14.2 Å². The Morgan fingerprint density at radius 1 is 1.29 bits per heavy atom. The molecule has 1 aromatic carbocycles. The van der Waals surface area contributed by atoms with Crippen molar-refractivity contribution >= 4 is 15.9 Å². The summed E-state index contributed by atoms with van der Waals surface area (Å²) >= 11 is 3.68. The summed E-state index contributed by atoms with van der Waals surface area (Å²) in [6, 6.07) is 2.15. The first-order valence-electron chi connectivity index (χ1n) is 7.64. The second kappa shape index (κ2) is 8.01. The topological polar surface area (TPSA) is 39.7 Å². The van der Waals surface area contributed by atoms with Gasteiger partial charge in [0.05, 0.1) is 32.5 Å². The van der Waals surface area contributed by atoms with E-state index in [1.807, 2.05) is 19.9 Å². The summed E-state index contributed by atoms with van der Waals surface area (Å²) in [5, 5.41) is 3.49. The van der Waals surface area contributed by atoms with Gasteiger partial charge in [0.1, 0.15) is 0 Å². The molecule has 0 fully saturated rings. The van der Waals surface area contributed by atoms with Crippen LogP contribution in [0, 0.1) is 0 Å². The Bertz CT molecular complexity index is 479. The van der Waals surface area contributed by atoms with Gasteiger partial charge in [0.25, 0.3) is 0 Å². The van der Waals surface area contributed by atoms with Crippen molar-refractivity contribution in [2.45, 2.75) is 33.2 Å². The fourth-order valence-electron chi connectivity index (χ4n) is 2.71. The van der Waals surface area contributed by atoms with Gasteiger partial charge in [0, 0.05) is 10.0 Å². The van der Waals surface area contributed by atoms with Gasteiger partial charge < -0.3 is 19.5 Å². The van der Waals surface area contributed by atoms with Gasteiger partial charge in [-0.2, -0.15) is 0 Å². The van der Waals surface area contributed by atoms with Crippen LogP contribution in [0.3, 0.4) is 0 Å². The number of likely N-dealkylation sites (N-methyl/N-ethyl adjacent to an activating group) is 1. The lowest BCUT2D eigenvalue weighted by Gasteiger charge is -2.24. The minimum absolute atomic E-state index is 0.130. The maximum atomic E-state index is 5.93. The second-order valence-corrected chi connectivity index (χ2v) is 5.73. The molecule has 0 aromatic heterocycles. The summed E-state index contributed by atoms with van der Waals surface area (Å²) in [5.74, 6) is 1.66. The van der Waals surface area contributed by atoms with E-state index in [0.717, 1.165) is 35.5 Å². The van der Waals surface area contributed by atoms with Crippen LogP contribution in [0.5, 0.6) is 11.5 Å². The van der Waals surface area contributed by atoms with Gasteiger partial charge in [0.15, 0.2) is 11.5 Å². The molecule has 1 aromatic rings. The smallest absolute Gasteiger partial charge is 0.166 e. The average molecular weight is 358 g/mol. The Morgan fingerprint density at radius 2 is 2.05 bits per heavy atom. The number of fused-ring (bicyclic) bond motifs is 1. The first-order chi connectivity index (χ1) is 10.2. The Labute approximate surface area is 135 Å². The molecule has 1 aliphatic heterocycles. The summed E-state index contributed by atoms with van der Waals surface area (Å²) in [6.45, 7) is 9.60. The first kappa shape index (κ1) is 16.6. The van der Waals surface area contributed by atoms with E-state index in [-0.39, 0.29) is 6.04 Å². The molecule has 2 rings (SSSR count). The third-order valence-electron chi connectivity index (χ3n) is 3.51. The lowest BCUT2D eigenvalue weighted by atomic mass is 9.97. The summed E-state index contributed by atoms with van der Waals surface area (Å²) in [4.78, 5) is 0. The molecular weight excluding hydrogens is 334 g/mol. The standard InChI is InChI=1S/C16H24BrNO3/c1-4-18-13-10-19-8-7-11-12(17)9-14(20-5-2)16(15(11)13)21-6-3/h9,13,18H,4-8,10H2,1-3H3.